The van der Waals surface area contributed by atoms with E-state index in [-0.39, 0.29) is 38.0 Å². The van der Waals surface area contributed by atoms with Crippen LogP contribution in [0.4, 0.5) is 0 Å². The van der Waals surface area contributed by atoms with Crippen LogP contribution >= 0.6 is 0 Å². The molecule has 4 amide bonds. The summed E-state index contributed by atoms with van der Waals surface area (Å²) in [6, 6.07) is 10.7. The largest absolute Gasteiger partial charge is 0.508 e. The summed E-state index contributed by atoms with van der Waals surface area (Å²) in [7, 11) is 0. The number of carboxylic acid groups (broad SMARTS) is 1. The molecular formula is C28H35N5O7. The van der Waals surface area contributed by atoms with Gasteiger partial charge in [0.1, 0.15) is 23.9 Å². The molecule has 12 heteroatoms. The normalized spacial score (nSPS) is 16.9. The number of carboxylic acids is 1. The summed E-state index contributed by atoms with van der Waals surface area (Å²) in [5.41, 5.74) is 12.8. The lowest BCUT2D eigenvalue weighted by Crippen LogP contribution is -2.58. The first-order chi connectivity index (χ1) is 19.0. The standard InChI is InChI=1S/C28H35N5O7/c29-20(15-18-8-10-19(34)11-9-18)25(36)31-21(12-13-24(30)35)26(37)32-22(16-17-5-2-1-3-6-17)27(38)33-14-4-7-23(33)28(39)40/h1-3,5-6,8-11,20-23,34H,4,7,12-16,29H2,(H2,30,35)(H,31,36)(H,32,37)(H,39,40). The summed E-state index contributed by atoms with van der Waals surface area (Å²) < 4.78 is 0. The van der Waals surface area contributed by atoms with E-state index < -0.39 is 53.8 Å². The number of benzene rings is 2. The number of phenolic OH excluding ortho intramolecular Hbond substituents is 1. The molecule has 1 aliphatic heterocycles. The summed E-state index contributed by atoms with van der Waals surface area (Å²) in [5, 5.41) is 24.2. The minimum Gasteiger partial charge on any atom is -0.508 e. The highest BCUT2D eigenvalue weighted by molar-refractivity contribution is 5.94. The Morgan fingerprint density at radius 3 is 2.15 bits per heavy atom. The average molecular weight is 554 g/mol. The van der Waals surface area contributed by atoms with Crippen molar-refractivity contribution in [3.05, 3.63) is 65.7 Å². The fourth-order valence-electron chi connectivity index (χ4n) is 4.62. The Balaban J connectivity index is 1.77. The third-order valence-corrected chi connectivity index (χ3v) is 6.76. The van der Waals surface area contributed by atoms with E-state index >= 15 is 0 Å². The fraction of sp³-hybridized carbons (Fsp3) is 0.393. The van der Waals surface area contributed by atoms with Crippen LogP contribution in [0.3, 0.4) is 0 Å². The van der Waals surface area contributed by atoms with E-state index in [0.717, 1.165) is 5.56 Å². The SMILES string of the molecule is NC(=O)CCC(NC(=O)C(N)Cc1ccc(O)cc1)C(=O)NC(Cc1ccccc1)C(=O)N1CCCC1C(=O)O. The molecule has 0 aromatic heterocycles. The average Bonchev–Trinajstić information content (AvgIpc) is 3.42. The summed E-state index contributed by atoms with van der Waals surface area (Å²) in [6.45, 7) is 0.241. The Hall–Kier alpha value is -4.45. The van der Waals surface area contributed by atoms with Crippen molar-refractivity contribution in [1.29, 1.82) is 0 Å². The van der Waals surface area contributed by atoms with Crippen molar-refractivity contribution in [2.75, 3.05) is 6.54 Å². The van der Waals surface area contributed by atoms with E-state index in [1.807, 2.05) is 0 Å². The molecule has 1 heterocycles. The molecule has 0 saturated carbocycles. The van der Waals surface area contributed by atoms with Gasteiger partial charge in [-0.3, -0.25) is 19.2 Å². The van der Waals surface area contributed by atoms with E-state index in [0.29, 0.717) is 18.4 Å². The minimum absolute atomic E-state index is 0.0631. The maximum atomic E-state index is 13.5. The molecule has 4 unspecified atom stereocenters. The third-order valence-electron chi connectivity index (χ3n) is 6.76. The molecule has 214 valence electrons. The quantitative estimate of drug-likeness (QED) is 0.196. The number of hydrogen-bond donors (Lipinski definition) is 6. The van der Waals surface area contributed by atoms with Crippen LogP contribution < -0.4 is 22.1 Å². The Bertz CT molecular complexity index is 1210. The number of nitrogens with zero attached hydrogens (tertiary/aromatic N) is 1. The van der Waals surface area contributed by atoms with Crippen LogP contribution in [-0.4, -0.2) is 75.4 Å². The van der Waals surface area contributed by atoms with Crippen molar-refractivity contribution in [3.8, 4) is 5.75 Å². The molecule has 0 aliphatic carbocycles. The number of rotatable bonds is 13. The number of nitrogens with two attached hydrogens (primary N) is 2. The Morgan fingerprint density at radius 2 is 1.52 bits per heavy atom. The predicted molar refractivity (Wildman–Crippen MR) is 145 cm³/mol. The Morgan fingerprint density at radius 1 is 0.900 bits per heavy atom. The molecule has 2 aromatic rings. The van der Waals surface area contributed by atoms with Crippen molar-refractivity contribution in [3.63, 3.8) is 0 Å². The number of aromatic hydroxyl groups is 1. The summed E-state index contributed by atoms with van der Waals surface area (Å²) in [5.74, 6) is -3.68. The first-order valence-corrected chi connectivity index (χ1v) is 13.0. The van der Waals surface area contributed by atoms with Crippen molar-refractivity contribution in [2.45, 2.75) is 62.7 Å². The van der Waals surface area contributed by atoms with Crippen LogP contribution in [0.1, 0.15) is 36.8 Å². The molecular weight excluding hydrogens is 518 g/mol. The molecule has 3 rings (SSSR count). The molecule has 2 aromatic carbocycles. The van der Waals surface area contributed by atoms with E-state index in [1.54, 1.807) is 42.5 Å². The van der Waals surface area contributed by atoms with Gasteiger partial charge in [-0.25, -0.2) is 4.79 Å². The number of carbonyl (C=O) groups excluding carboxylic acids is 4. The van der Waals surface area contributed by atoms with Gasteiger partial charge in [-0.15, -0.1) is 0 Å². The molecule has 1 saturated heterocycles. The van der Waals surface area contributed by atoms with Crippen molar-refractivity contribution in [1.82, 2.24) is 15.5 Å². The summed E-state index contributed by atoms with van der Waals surface area (Å²) in [4.78, 5) is 64.2. The fourth-order valence-corrected chi connectivity index (χ4v) is 4.62. The molecule has 0 radical (unpaired) electrons. The lowest BCUT2D eigenvalue weighted by atomic mass is 10.0. The topological polar surface area (TPSA) is 205 Å². The van der Waals surface area contributed by atoms with Crippen molar-refractivity contribution < 1.29 is 34.2 Å². The van der Waals surface area contributed by atoms with Crippen LogP contribution in [0.2, 0.25) is 0 Å². The van der Waals surface area contributed by atoms with E-state index in [2.05, 4.69) is 10.6 Å². The van der Waals surface area contributed by atoms with Gasteiger partial charge in [-0.2, -0.15) is 0 Å². The number of phenols is 1. The number of carbonyl (C=O) groups is 5. The predicted octanol–water partition coefficient (Wildman–Crippen LogP) is -0.185. The first kappa shape index (κ1) is 30.1. The maximum absolute atomic E-state index is 13.5. The molecule has 8 N–H and O–H groups in total. The summed E-state index contributed by atoms with van der Waals surface area (Å²) in [6.07, 6.45) is 0.693. The summed E-state index contributed by atoms with van der Waals surface area (Å²) >= 11 is 0. The number of hydrogen-bond acceptors (Lipinski definition) is 7. The highest BCUT2D eigenvalue weighted by Gasteiger charge is 2.38. The van der Waals surface area contributed by atoms with Gasteiger partial charge in [0.2, 0.25) is 23.6 Å². The third kappa shape index (κ3) is 8.53. The molecule has 0 bridgehead atoms. The van der Waals surface area contributed by atoms with E-state index in [4.69, 9.17) is 11.5 Å². The van der Waals surface area contributed by atoms with Gasteiger partial charge >= 0.3 is 5.97 Å². The lowest BCUT2D eigenvalue weighted by molar-refractivity contribution is -0.149. The second kappa shape index (κ2) is 14.1. The van der Waals surface area contributed by atoms with Gasteiger partial charge in [0, 0.05) is 19.4 Å². The van der Waals surface area contributed by atoms with Crippen molar-refractivity contribution in [2.24, 2.45) is 11.5 Å². The number of amides is 4. The van der Waals surface area contributed by atoms with Crippen LogP contribution in [0.15, 0.2) is 54.6 Å². The molecule has 12 nitrogen and oxygen atoms in total. The molecule has 0 spiro atoms. The zero-order valence-electron chi connectivity index (χ0n) is 22.0. The Labute approximate surface area is 231 Å². The van der Waals surface area contributed by atoms with Gasteiger partial charge < -0.3 is 37.2 Å². The molecule has 1 fully saturated rings. The lowest BCUT2D eigenvalue weighted by Gasteiger charge is -2.29. The number of aliphatic carboxylic acids is 1. The highest BCUT2D eigenvalue weighted by Crippen LogP contribution is 2.20. The maximum Gasteiger partial charge on any atom is 0.326 e. The highest BCUT2D eigenvalue weighted by atomic mass is 16.4. The zero-order valence-corrected chi connectivity index (χ0v) is 22.0. The monoisotopic (exact) mass is 553 g/mol. The van der Waals surface area contributed by atoms with Crippen LogP contribution in [-0.2, 0) is 36.8 Å². The van der Waals surface area contributed by atoms with Gasteiger partial charge in [0.25, 0.3) is 0 Å². The van der Waals surface area contributed by atoms with Crippen LogP contribution in [0.25, 0.3) is 0 Å². The Kier molecular flexibility index (Phi) is 10.6. The van der Waals surface area contributed by atoms with Crippen molar-refractivity contribution >= 4 is 29.6 Å². The van der Waals surface area contributed by atoms with Gasteiger partial charge in [-0.05, 0) is 48.9 Å². The molecule has 4 atom stereocenters. The molecule has 1 aliphatic rings. The van der Waals surface area contributed by atoms with Gasteiger partial charge in [0.15, 0.2) is 0 Å². The second-order valence-electron chi connectivity index (χ2n) is 9.82. The first-order valence-electron chi connectivity index (χ1n) is 13.0. The zero-order chi connectivity index (χ0) is 29.2. The van der Waals surface area contributed by atoms with Crippen LogP contribution in [0.5, 0.6) is 5.75 Å². The van der Waals surface area contributed by atoms with E-state index in [1.165, 1.54) is 17.0 Å². The second-order valence-corrected chi connectivity index (χ2v) is 9.82. The van der Waals surface area contributed by atoms with Gasteiger partial charge in [-0.1, -0.05) is 42.5 Å². The smallest absolute Gasteiger partial charge is 0.326 e. The number of likely N-dealkylation sites (tertiary alicyclic amines) is 1. The van der Waals surface area contributed by atoms with Crippen LogP contribution in [0, 0.1) is 0 Å². The minimum atomic E-state index is -1.23. The molecule has 40 heavy (non-hydrogen) atoms. The van der Waals surface area contributed by atoms with Gasteiger partial charge in [0.05, 0.1) is 6.04 Å². The van der Waals surface area contributed by atoms with E-state index in [9.17, 15) is 34.2 Å². The number of nitrogens with one attached hydrogen (secondary N) is 2. The number of primary amides is 1.